The van der Waals surface area contributed by atoms with Crippen molar-refractivity contribution >= 4 is 29.3 Å². The summed E-state index contributed by atoms with van der Waals surface area (Å²) in [5, 5.41) is 5.77. The van der Waals surface area contributed by atoms with E-state index < -0.39 is 23.7 Å². The Labute approximate surface area is 200 Å². The monoisotopic (exact) mass is 472 g/mol. The van der Waals surface area contributed by atoms with E-state index in [0.717, 1.165) is 16.9 Å². The Hall–Kier alpha value is -3.13. The van der Waals surface area contributed by atoms with Crippen molar-refractivity contribution in [1.82, 2.24) is 10.6 Å². The molecule has 0 heterocycles. The van der Waals surface area contributed by atoms with Crippen LogP contribution in [0.1, 0.15) is 45.2 Å². The van der Waals surface area contributed by atoms with Crippen LogP contribution >= 0.6 is 12.2 Å². The molecule has 0 fully saturated rings. The predicted octanol–water partition coefficient (Wildman–Crippen LogP) is 4.53. The lowest BCUT2D eigenvalue weighted by Crippen LogP contribution is -2.48. The molecule has 0 aliphatic carbocycles. The van der Waals surface area contributed by atoms with Crippen molar-refractivity contribution in [2.45, 2.75) is 58.9 Å². The van der Waals surface area contributed by atoms with Gasteiger partial charge in [-0.3, -0.25) is 4.79 Å². The van der Waals surface area contributed by atoms with Crippen LogP contribution in [0.25, 0.3) is 0 Å². The van der Waals surface area contributed by atoms with Crippen LogP contribution in [-0.2, 0) is 27.4 Å². The van der Waals surface area contributed by atoms with E-state index in [0.29, 0.717) is 18.1 Å². The minimum Gasteiger partial charge on any atom is -0.489 e. The molecule has 0 aliphatic heterocycles. The lowest BCUT2D eigenvalue weighted by molar-refractivity contribution is -0.143. The summed E-state index contributed by atoms with van der Waals surface area (Å²) < 4.78 is 16.2. The molecule has 0 saturated heterocycles. The summed E-state index contributed by atoms with van der Waals surface area (Å²) in [6.45, 7) is 8.11. The van der Waals surface area contributed by atoms with Crippen LogP contribution in [0.5, 0.6) is 5.75 Å². The first-order valence-electron chi connectivity index (χ1n) is 10.8. The van der Waals surface area contributed by atoms with E-state index in [1.807, 2.05) is 54.6 Å². The Balaban J connectivity index is 1.97. The maximum atomic E-state index is 12.2. The maximum absolute atomic E-state index is 12.2. The Morgan fingerprint density at radius 3 is 2.39 bits per heavy atom. The number of carbonyl (C=O) groups is 2. The van der Waals surface area contributed by atoms with Gasteiger partial charge in [0.25, 0.3) is 0 Å². The average molecular weight is 473 g/mol. The van der Waals surface area contributed by atoms with Gasteiger partial charge in [-0.1, -0.05) is 54.7 Å². The third-order valence-electron chi connectivity index (χ3n) is 4.30. The van der Waals surface area contributed by atoms with Crippen molar-refractivity contribution in [3.05, 3.63) is 65.7 Å². The summed E-state index contributed by atoms with van der Waals surface area (Å²) in [5.74, 6) is 0.276. The van der Waals surface area contributed by atoms with Crippen molar-refractivity contribution in [3.63, 3.8) is 0 Å². The number of thiocarbonyl (C=S) groups is 1. The average Bonchev–Trinajstić information content (AvgIpc) is 2.75. The van der Waals surface area contributed by atoms with Crippen molar-refractivity contribution < 1.29 is 23.8 Å². The molecule has 0 saturated carbocycles. The van der Waals surface area contributed by atoms with Crippen LogP contribution in [0.15, 0.2) is 54.6 Å². The molecule has 2 aromatic rings. The summed E-state index contributed by atoms with van der Waals surface area (Å²) >= 11 is 5.46. The lowest BCUT2D eigenvalue weighted by atomic mass is 10.1. The fourth-order valence-electron chi connectivity index (χ4n) is 2.84. The van der Waals surface area contributed by atoms with Crippen LogP contribution < -0.4 is 15.4 Å². The van der Waals surface area contributed by atoms with Gasteiger partial charge < -0.3 is 24.8 Å². The third kappa shape index (κ3) is 10.4. The summed E-state index contributed by atoms with van der Waals surface area (Å²) in [7, 11) is 0. The molecule has 0 unspecified atom stereocenters. The fraction of sp³-hybridized carbons (Fsp3) is 0.400. The quantitative estimate of drug-likeness (QED) is 0.388. The molecule has 1 atom stereocenters. The predicted molar refractivity (Wildman–Crippen MR) is 131 cm³/mol. The Morgan fingerprint density at radius 1 is 1.03 bits per heavy atom. The number of hydrogen-bond acceptors (Lipinski definition) is 6. The molecule has 7 nitrogen and oxygen atoms in total. The van der Waals surface area contributed by atoms with Gasteiger partial charge in [-0.2, -0.15) is 0 Å². The number of benzene rings is 2. The maximum Gasteiger partial charge on any atom is 0.408 e. The van der Waals surface area contributed by atoms with Gasteiger partial charge in [0.15, 0.2) is 0 Å². The zero-order valence-corrected chi connectivity index (χ0v) is 20.4. The molecule has 8 heteroatoms. The van der Waals surface area contributed by atoms with Crippen LogP contribution in [0.2, 0.25) is 0 Å². The number of alkyl carbamates (subject to hydrolysis) is 1. The first-order chi connectivity index (χ1) is 15.7. The summed E-state index contributed by atoms with van der Waals surface area (Å²) in [4.78, 5) is 24.6. The highest BCUT2D eigenvalue weighted by atomic mass is 32.1. The molecule has 0 radical (unpaired) electrons. The van der Waals surface area contributed by atoms with Crippen molar-refractivity contribution in [2.75, 3.05) is 6.61 Å². The zero-order chi connectivity index (χ0) is 24.3. The standard InChI is InChI=1S/C25H32N2O5S/c1-5-30-22(28)15-21(27-24(29)32-25(2,3)4)23(33)26-16-19-12-9-13-20(14-19)31-17-18-10-7-6-8-11-18/h6-14,21H,5,15-17H2,1-4H3,(H,26,33)(H,27,29)/t21-/m1/s1. The van der Waals surface area contributed by atoms with E-state index in [-0.39, 0.29) is 13.0 Å². The number of amides is 1. The van der Waals surface area contributed by atoms with Gasteiger partial charge in [0.2, 0.25) is 0 Å². The number of hydrogen-bond donors (Lipinski definition) is 2. The van der Waals surface area contributed by atoms with Gasteiger partial charge in [0.1, 0.15) is 18.0 Å². The first kappa shape index (κ1) is 26.1. The molecule has 0 spiro atoms. The number of esters is 1. The summed E-state index contributed by atoms with van der Waals surface area (Å²) in [6, 6.07) is 16.8. The van der Waals surface area contributed by atoms with E-state index in [1.165, 1.54) is 0 Å². The Morgan fingerprint density at radius 2 is 1.73 bits per heavy atom. The van der Waals surface area contributed by atoms with Crippen molar-refractivity contribution in [2.24, 2.45) is 0 Å². The highest BCUT2D eigenvalue weighted by molar-refractivity contribution is 7.80. The molecule has 178 valence electrons. The second kappa shape index (κ2) is 12.8. The van der Waals surface area contributed by atoms with Crippen molar-refractivity contribution in [3.8, 4) is 5.75 Å². The van der Waals surface area contributed by atoms with E-state index in [2.05, 4.69) is 10.6 Å². The van der Waals surface area contributed by atoms with Crippen LogP contribution in [0.4, 0.5) is 4.79 Å². The highest BCUT2D eigenvalue weighted by Crippen LogP contribution is 2.15. The molecule has 0 aromatic heterocycles. The largest absolute Gasteiger partial charge is 0.489 e. The van der Waals surface area contributed by atoms with Gasteiger partial charge in [-0.05, 0) is 51.0 Å². The normalized spacial score (nSPS) is 11.8. The van der Waals surface area contributed by atoms with Crippen LogP contribution in [0, 0.1) is 0 Å². The zero-order valence-electron chi connectivity index (χ0n) is 19.6. The number of ether oxygens (including phenoxy) is 3. The number of carbonyl (C=O) groups excluding carboxylic acids is 2. The smallest absolute Gasteiger partial charge is 0.408 e. The topological polar surface area (TPSA) is 85.9 Å². The molecule has 2 N–H and O–H groups in total. The SMILES string of the molecule is CCOC(=O)C[C@@H](NC(=O)OC(C)(C)C)C(=S)NCc1cccc(OCc2ccccc2)c1. The van der Waals surface area contributed by atoms with E-state index >= 15 is 0 Å². The van der Waals surface area contributed by atoms with E-state index in [1.54, 1.807) is 27.7 Å². The molecule has 0 bridgehead atoms. The molecular weight excluding hydrogens is 440 g/mol. The third-order valence-corrected chi connectivity index (χ3v) is 4.73. The number of nitrogens with one attached hydrogen (secondary N) is 2. The van der Waals surface area contributed by atoms with Gasteiger partial charge in [0, 0.05) is 6.54 Å². The second-order valence-corrected chi connectivity index (χ2v) is 8.79. The number of rotatable bonds is 10. The van der Waals surface area contributed by atoms with E-state index in [4.69, 9.17) is 26.4 Å². The Kier molecular flexibility index (Phi) is 10.1. The van der Waals surface area contributed by atoms with Crippen LogP contribution in [-0.4, -0.2) is 35.3 Å². The van der Waals surface area contributed by atoms with Gasteiger partial charge in [0.05, 0.1) is 24.1 Å². The first-order valence-corrected chi connectivity index (χ1v) is 11.3. The fourth-order valence-corrected chi connectivity index (χ4v) is 3.06. The minimum atomic E-state index is -0.758. The molecule has 2 aromatic carbocycles. The van der Waals surface area contributed by atoms with Crippen LogP contribution in [0.3, 0.4) is 0 Å². The molecular formula is C25H32N2O5S. The second-order valence-electron chi connectivity index (χ2n) is 8.35. The summed E-state index contributed by atoms with van der Waals surface area (Å²) in [6.07, 6.45) is -0.753. The van der Waals surface area contributed by atoms with E-state index in [9.17, 15) is 9.59 Å². The highest BCUT2D eigenvalue weighted by Gasteiger charge is 2.24. The van der Waals surface area contributed by atoms with Gasteiger partial charge in [-0.15, -0.1) is 0 Å². The minimum absolute atomic E-state index is 0.0981. The Bertz CT molecular complexity index is 928. The molecule has 33 heavy (non-hydrogen) atoms. The lowest BCUT2D eigenvalue weighted by Gasteiger charge is -2.24. The summed E-state index contributed by atoms with van der Waals surface area (Å²) in [5.41, 5.74) is 1.35. The molecule has 1 amide bonds. The van der Waals surface area contributed by atoms with Gasteiger partial charge >= 0.3 is 12.1 Å². The molecule has 2 rings (SSSR count). The van der Waals surface area contributed by atoms with Crippen molar-refractivity contribution in [1.29, 1.82) is 0 Å². The van der Waals surface area contributed by atoms with Gasteiger partial charge in [-0.25, -0.2) is 4.79 Å². The molecule has 0 aliphatic rings.